The van der Waals surface area contributed by atoms with Gasteiger partial charge in [0.25, 0.3) is 0 Å². The van der Waals surface area contributed by atoms with Crippen LogP contribution in [0, 0.1) is 0 Å². The van der Waals surface area contributed by atoms with Crippen LogP contribution < -0.4 is 4.90 Å². The Morgan fingerprint density at radius 3 is 2.58 bits per heavy atom. The highest BCUT2D eigenvalue weighted by atomic mass is 16.5. The number of methoxy groups -OCH3 is 1. The molecule has 1 aromatic heterocycles. The van der Waals surface area contributed by atoms with Crippen molar-refractivity contribution in [3.8, 4) is 0 Å². The summed E-state index contributed by atoms with van der Waals surface area (Å²) in [5.41, 5.74) is 0.249. The summed E-state index contributed by atoms with van der Waals surface area (Å²) in [5.74, 6) is -0.192. The number of esters is 1. The zero-order chi connectivity index (χ0) is 14.4. The Morgan fingerprint density at radius 2 is 2.05 bits per heavy atom. The standard InChI is InChI=1S/C12H18N4O3/c1-5-16(7-10(17)15(2)3)11-9(12(18)19-4)6-13-8-14-11/h6,8H,5,7H2,1-4H3. The molecule has 1 heterocycles. The topological polar surface area (TPSA) is 75.6 Å². The number of anilines is 1. The normalized spacial score (nSPS) is 9.89. The van der Waals surface area contributed by atoms with E-state index < -0.39 is 5.97 Å². The van der Waals surface area contributed by atoms with Crippen LogP contribution in [0.2, 0.25) is 0 Å². The summed E-state index contributed by atoms with van der Waals surface area (Å²) in [6.07, 6.45) is 2.72. The molecule has 0 aliphatic heterocycles. The van der Waals surface area contributed by atoms with Crippen molar-refractivity contribution >= 4 is 17.7 Å². The predicted octanol–water partition coefficient (Wildman–Crippen LogP) is 0.178. The number of hydrogen-bond donors (Lipinski definition) is 0. The van der Waals surface area contributed by atoms with E-state index in [2.05, 4.69) is 14.7 Å². The highest BCUT2D eigenvalue weighted by Crippen LogP contribution is 2.16. The van der Waals surface area contributed by atoms with Gasteiger partial charge in [-0.25, -0.2) is 14.8 Å². The van der Waals surface area contributed by atoms with E-state index in [1.54, 1.807) is 19.0 Å². The molecule has 0 saturated heterocycles. The van der Waals surface area contributed by atoms with Gasteiger partial charge in [-0.3, -0.25) is 4.79 Å². The Kier molecular flexibility index (Phi) is 5.23. The van der Waals surface area contributed by atoms with Crippen LogP contribution in [0.25, 0.3) is 0 Å². The zero-order valence-electron chi connectivity index (χ0n) is 11.6. The predicted molar refractivity (Wildman–Crippen MR) is 70.0 cm³/mol. The number of likely N-dealkylation sites (N-methyl/N-ethyl adjacent to an activating group) is 2. The van der Waals surface area contributed by atoms with E-state index in [1.165, 1.54) is 24.5 Å². The first-order valence-corrected chi connectivity index (χ1v) is 5.84. The number of nitrogens with zero attached hydrogens (tertiary/aromatic N) is 4. The average molecular weight is 266 g/mol. The summed E-state index contributed by atoms with van der Waals surface area (Å²) in [6, 6.07) is 0. The van der Waals surface area contributed by atoms with Crippen molar-refractivity contribution in [1.29, 1.82) is 0 Å². The quantitative estimate of drug-likeness (QED) is 0.708. The molecule has 0 radical (unpaired) electrons. The molecule has 0 aliphatic rings. The van der Waals surface area contributed by atoms with Crippen molar-refractivity contribution in [1.82, 2.24) is 14.9 Å². The monoisotopic (exact) mass is 266 g/mol. The fraction of sp³-hybridized carbons (Fsp3) is 0.500. The Labute approximate surface area is 112 Å². The van der Waals surface area contributed by atoms with Crippen molar-refractivity contribution in [2.24, 2.45) is 0 Å². The molecular formula is C12H18N4O3. The van der Waals surface area contributed by atoms with Crippen LogP contribution in [-0.2, 0) is 9.53 Å². The van der Waals surface area contributed by atoms with Crippen molar-refractivity contribution in [3.63, 3.8) is 0 Å². The lowest BCUT2D eigenvalue weighted by Crippen LogP contribution is -2.37. The first-order chi connectivity index (χ1) is 9.01. The molecule has 104 valence electrons. The van der Waals surface area contributed by atoms with Crippen LogP contribution in [0.1, 0.15) is 17.3 Å². The molecule has 1 aromatic rings. The number of hydrogen-bond acceptors (Lipinski definition) is 6. The fourth-order valence-electron chi connectivity index (χ4n) is 1.47. The number of carbonyl (C=O) groups excluding carboxylic acids is 2. The van der Waals surface area contributed by atoms with Gasteiger partial charge in [-0.05, 0) is 6.92 Å². The SMILES string of the molecule is CCN(CC(=O)N(C)C)c1ncncc1C(=O)OC. The number of rotatable bonds is 5. The van der Waals surface area contributed by atoms with Gasteiger partial charge < -0.3 is 14.5 Å². The number of carbonyl (C=O) groups is 2. The first kappa shape index (κ1) is 14.9. The van der Waals surface area contributed by atoms with Gasteiger partial charge in [-0.15, -0.1) is 0 Å². The van der Waals surface area contributed by atoms with Gasteiger partial charge in [0.2, 0.25) is 5.91 Å². The third kappa shape index (κ3) is 3.64. The van der Waals surface area contributed by atoms with Gasteiger partial charge >= 0.3 is 5.97 Å². The summed E-state index contributed by atoms with van der Waals surface area (Å²) in [5, 5.41) is 0. The fourth-order valence-corrected chi connectivity index (χ4v) is 1.47. The number of amides is 1. The summed E-state index contributed by atoms with van der Waals surface area (Å²) < 4.78 is 4.68. The smallest absolute Gasteiger partial charge is 0.343 e. The van der Waals surface area contributed by atoms with Gasteiger partial charge in [0.05, 0.1) is 13.7 Å². The van der Waals surface area contributed by atoms with Crippen molar-refractivity contribution in [2.75, 3.05) is 39.2 Å². The molecule has 0 saturated carbocycles. The molecule has 1 rings (SSSR count). The lowest BCUT2D eigenvalue weighted by molar-refractivity contribution is -0.127. The van der Waals surface area contributed by atoms with E-state index in [9.17, 15) is 9.59 Å². The highest BCUT2D eigenvalue weighted by molar-refractivity contribution is 5.95. The lowest BCUT2D eigenvalue weighted by atomic mass is 10.3. The summed E-state index contributed by atoms with van der Waals surface area (Å²) in [7, 11) is 4.65. The molecule has 0 atom stereocenters. The molecule has 19 heavy (non-hydrogen) atoms. The summed E-state index contributed by atoms with van der Waals surface area (Å²) >= 11 is 0. The van der Waals surface area contributed by atoms with E-state index in [0.717, 1.165) is 0 Å². The Hall–Kier alpha value is -2.18. The Bertz CT molecular complexity index is 462. The molecule has 0 aliphatic carbocycles. The number of ether oxygens (including phenoxy) is 1. The van der Waals surface area contributed by atoms with Crippen molar-refractivity contribution in [3.05, 3.63) is 18.1 Å². The van der Waals surface area contributed by atoms with E-state index >= 15 is 0 Å². The second-order valence-corrected chi connectivity index (χ2v) is 4.05. The van der Waals surface area contributed by atoms with Crippen molar-refractivity contribution < 1.29 is 14.3 Å². The minimum atomic E-state index is -0.522. The third-order valence-corrected chi connectivity index (χ3v) is 2.60. The molecule has 7 nitrogen and oxygen atoms in total. The van der Waals surface area contributed by atoms with Crippen molar-refractivity contribution in [2.45, 2.75) is 6.92 Å². The van der Waals surface area contributed by atoms with E-state index in [0.29, 0.717) is 12.4 Å². The molecule has 0 unspecified atom stereocenters. The molecule has 0 N–H and O–H groups in total. The van der Waals surface area contributed by atoms with Crippen LogP contribution >= 0.6 is 0 Å². The minimum absolute atomic E-state index is 0.0729. The van der Waals surface area contributed by atoms with Gasteiger partial charge in [0, 0.05) is 26.8 Å². The first-order valence-electron chi connectivity index (χ1n) is 5.84. The molecule has 0 fully saturated rings. The van der Waals surface area contributed by atoms with Crippen LogP contribution in [0.4, 0.5) is 5.82 Å². The Morgan fingerprint density at radius 1 is 1.37 bits per heavy atom. The van der Waals surface area contributed by atoms with Crippen LogP contribution in [0.3, 0.4) is 0 Å². The second kappa shape index (κ2) is 6.67. The van der Waals surface area contributed by atoms with Gasteiger partial charge in [-0.1, -0.05) is 0 Å². The van der Waals surface area contributed by atoms with Gasteiger partial charge in [-0.2, -0.15) is 0 Å². The molecule has 7 heteroatoms. The van der Waals surface area contributed by atoms with Crippen LogP contribution in [-0.4, -0.2) is 61.0 Å². The minimum Gasteiger partial charge on any atom is -0.465 e. The summed E-state index contributed by atoms with van der Waals surface area (Å²) in [4.78, 5) is 34.5. The third-order valence-electron chi connectivity index (χ3n) is 2.60. The average Bonchev–Trinajstić information content (AvgIpc) is 2.43. The molecular weight excluding hydrogens is 248 g/mol. The van der Waals surface area contributed by atoms with Gasteiger partial charge in [0.1, 0.15) is 17.7 Å². The van der Waals surface area contributed by atoms with Crippen LogP contribution in [0.15, 0.2) is 12.5 Å². The highest BCUT2D eigenvalue weighted by Gasteiger charge is 2.20. The van der Waals surface area contributed by atoms with E-state index in [4.69, 9.17) is 0 Å². The van der Waals surface area contributed by atoms with Gasteiger partial charge in [0.15, 0.2) is 0 Å². The molecule has 0 aromatic carbocycles. The van der Waals surface area contributed by atoms with E-state index in [1.807, 2.05) is 6.92 Å². The Balaban J connectivity index is 3.04. The van der Waals surface area contributed by atoms with Crippen LogP contribution in [0.5, 0.6) is 0 Å². The second-order valence-electron chi connectivity index (χ2n) is 4.05. The maximum Gasteiger partial charge on any atom is 0.343 e. The molecule has 1 amide bonds. The maximum absolute atomic E-state index is 11.8. The maximum atomic E-state index is 11.8. The lowest BCUT2D eigenvalue weighted by Gasteiger charge is -2.24. The number of aromatic nitrogens is 2. The largest absolute Gasteiger partial charge is 0.465 e. The van der Waals surface area contributed by atoms with E-state index in [-0.39, 0.29) is 18.0 Å². The molecule has 0 spiro atoms. The zero-order valence-corrected chi connectivity index (χ0v) is 11.6. The molecule has 0 bridgehead atoms. The summed E-state index contributed by atoms with van der Waals surface area (Å²) in [6.45, 7) is 2.57.